The van der Waals surface area contributed by atoms with Crippen molar-refractivity contribution in [3.05, 3.63) is 35.1 Å². The highest BCUT2D eigenvalue weighted by molar-refractivity contribution is 9.09. The molecule has 2 nitrogen and oxygen atoms in total. The molecule has 4 heteroatoms. The molecule has 1 aromatic carbocycles. The van der Waals surface area contributed by atoms with Gasteiger partial charge < -0.3 is 5.32 Å². The molecule has 1 fully saturated rings. The minimum Gasteiger partial charge on any atom is -0.351 e. The van der Waals surface area contributed by atoms with Crippen molar-refractivity contribution >= 4 is 21.8 Å². The zero-order valence-corrected chi connectivity index (χ0v) is 11.3. The molecule has 0 heterocycles. The summed E-state index contributed by atoms with van der Waals surface area (Å²) in [5.74, 6) is 0.279. The molecule has 1 unspecified atom stereocenters. The fourth-order valence-electron chi connectivity index (χ4n) is 1.70. The molecule has 92 valence electrons. The number of aryl methyl sites for hydroxylation is 1. The smallest absolute Gasteiger partial charge is 0.251 e. The standard InChI is InChI=1S/C13H15BrFNO/c1-8-6-10(4-5-12(8)15)13(17)16-7-11(14)9-2-3-9/h4-6,9,11H,2-3,7H2,1H3,(H,16,17). The minimum absolute atomic E-state index is 0.141. The summed E-state index contributed by atoms with van der Waals surface area (Å²) in [4.78, 5) is 12.2. The molecular weight excluding hydrogens is 285 g/mol. The Labute approximate surface area is 109 Å². The number of rotatable bonds is 4. The van der Waals surface area contributed by atoms with E-state index in [1.165, 1.54) is 25.0 Å². The van der Waals surface area contributed by atoms with Gasteiger partial charge in [0.1, 0.15) is 5.82 Å². The Morgan fingerprint density at radius 1 is 1.59 bits per heavy atom. The van der Waals surface area contributed by atoms with Crippen LogP contribution < -0.4 is 5.32 Å². The van der Waals surface area contributed by atoms with Crippen LogP contribution in [0.3, 0.4) is 0 Å². The lowest BCUT2D eigenvalue weighted by Gasteiger charge is -2.10. The number of halogens is 2. The first-order valence-corrected chi connectivity index (χ1v) is 6.68. The van der Waals surface area contributed by atoms with Crippen molar-refractivity contribution in [2.75, 3.05) is 6.54 Å². The van der Waals surface area contributed by atoms with Gasteiger partial charge in [-0.2, -0.15) is 0 Å². The molecule has 0 aromatic heterocycles. The second-order valence-electron chi connectivity index (χ2n) is 4.53. The van der Waals surface area contributed by atoms with E-state index in [1.807, 2.05) is 0 Å². The Morgan fingerprint density at radius 2 is 2.29 bits per heavy atom. The highest BCUT2D eigenvalue weighted by Gasteiger charge is 2.29. The number of hydrogen-bond acceptors (Lipinski definition) is 1. The molecule has 0 spiro atoms. The molecule has 1 N–H and O–H groups in total. The summed E-state index contributed by atoms with van der Waals surface area (Å²) in [7, 11) is 0. The van der Waals surface area contributed by atoms with Crippen LogP contribution in [0.2, 0.25) is 0 Å². The lowest BCUT2D eigenvalue weighted by Crippen LogP contribution is -2.30. The summed E-state index contributed by atoms with van der Waals surface area (Å²) in [6.07, 6.45) is 2.48. The van der Waals surface area contributed by atoms with Crippen LogP contribution in [0, 0.1) is 18.7 Å². The van der Waals surface area contributed by atoms with Crippen LogP contribution in [0.25, 0.3) is 0 Å². The molecule has 1 aliphatic rings. The van der Waals surface area contributed by atoms with Crippen molar-refractivity contribution in [1.29, 1.82) is 0 Å². The van der Waals surface area contributed by atoms with E-state index < -0.39 is 0 Å². The predicted molar refractivity (Wildman–Crippen MR) is 68.9 cm³/mol. The van der Waals surface area contributed by atoms with Gasteiger partial charge in [-0.25, -0.2) is 4.39 Å². The van der Waals surface area contributed by atoms with Crippen LogP contribution >= 0.6 is 15.9 Å². The molecule has 0 bridgehead atoms. The van der Waals surface area contributed by atoms with Crippen molar-refractivity contribution in [2.45, 2.75) is 24.6 Å². The molecule has 1 amide bonds. The lowest BCUT2D eigenvalue weighted by molar-refractivity contribution is 0.0953. The van der Waals surface area contributed by atoms with E-state index >= 15 is 0 Å². The summed E-state index contributed by atoms with van der Waals surface area (Å²) in [6, 6.07) is 4.42. The van der Waals surface area contributed by atoms with E-state index in [0.717, 1.165) is 0 Å². The van der Waals surface area contributed by atoms with Crippen LogP contribution in [0.1, 0.15) is 28.8 Å². The monoisotopic (exact) mass is 299 g/mol. The zero-order valence-electron chi connectivity index (χ0n) is 9.67. The molecule has 1 saturated carbocycles. The van der Waals surface area contributed by atoms with Gasteiger partial charge in [-0.1, -0.05) is 15.9 Å². The number of carbonyl (C=O) groups excluding carboxylic acids is 1. The van der Waals surface area contributed by atoms with Crippen LogP contribution in [0.4, 0.5) is 4.39 Å². The quantitative estimate of drug-likeness (QED) is 0.851. The number of nitrogens with one attached hydrogen (secondary N) is 1. The summed E-state index contributed by atoms with van der Waals surface area (Å²) in [6.45, 7) is 2.28. The Kier molecular flexibility index (Phi) is 3.82. The summed E-state index contributed by atoms with van der Waals surface area (Å²) in [5.41, 5.74) is 1.01. The van der Waals surface area contributed by atoms with E-state index in [-0.39, 0.29) is 11.7 Å². The second kappa shape index (κ2) is 5.17. The molecule has 0 saturated heterocycles. The zero-order chi connectivity index (χ0) is 12.4. The molecule has 17 heavy (non-hydrogen) atoms. The van der Waals surface area contributed by atoms with Gasteiger partial charge in [0.15, 0.2) is 0 Å². The lowest BCUT2D eigenvalue weighted by atomic mass is 10.1. The van der Waals surface area contributed by atoms with Crippen LogP contribution in [-0.4, -0.2) is 17.3 Å². The van der Waals surface area contributed by atoms with E-state index in [9.17, 15) is 9.18 Å². The van der Waals surface area contributed by atoms with Gasteiger partial charge in [0.25, 0.3) is 5.91 Å². The Hall–Kier alpha value is -0.900. The predicted octanol–water partition coefficient (Wildman–Crippen LogP) is 3.04. The van der Waals surface area contributed by atoms with Crippen molar-refractivity contribution in [1.82, 2.24) is 5.32 Å². The molecule has 1 aromatic rings. The minimum atomic E-state index is -0.280. The molecule has 0 radical (unpaired) electrons. The number of hydrogen-bond donors (Lipinski definition) is 1. The van der Waals surface area contributed by atoms with Gasteiger partial charge in [0, 0.05) is 16.9 Å². The molecule has 1 atom stereocenters. The van der Waals surface area contributed by atoms with Gasteiger partial charge >= 0.3 is 0 Å². The average Bonchev–Trinajstić information content (AvgIpc) is 3.13. The third kappa shape index (κ3) is 3.28. The largest absolute Gasteiger partial charge is 0.351 e. The van der Waals surface area contributed by atoms with Crippen molar-refractivity contribution in [3.8, 4) is 0 Å². The third-order valence-electron chi connectivity index (χ3n) is 3.01. The number of alkyl halides is 1. The first-order valence-electron chi connectivity index (χ1n) is 5.76. The fraction of sp³-hybridized carbons (Fsp3) is 0.462. The molecule has 1 aliphatic carbocycles. The van der Waals surface area contributed by atoms with E-state index in [1.54, 1.807) is 13.0 Å². The van der Waals surface area contributed by atoms with Crippen LogP contribution in [-0.2, 0) is 0 Å². The maximum absolute atomic E-state index is 13.1. The van der Waals surface area contributed by atoms with Crippen molar-refractivity contribution in [2.24, 2.45) is 5.92 Å². The van der Waals surface area contributed by atoms with Gasteiger partial charge in [-0.15, -0.1) is 0 Å². The third-order valence-corrected chi connectivity index (χ3v) is 4.08. The molecule has 2 rings (SSSR count). The highest BCUT2D eigenvalue weighted by Crippen LogP contribution is 2.36. The van der Waals surface area contributed by atoms with Crippen molar-refractivity contribution in [3.63, 3.8) is 0 Å². The fourth-order valence-corrected chi connectivity index (χ4v) is 2.39. The SMILES string of the molecule is Cc1cc(C(=O)NCC(Br)C2CC2)ccc1F. The summed E-state index contributed by atoms with van der Waals surface area (Å²) < 4.78 is 13.1. The summed E-state index contributed by atoms with van der Waals surface area (Å²) in [5, 5.41) is 2.86. The van der Waals surface area contributed by atoms with Crippen molar-refractivity contribution < 1.29 is 9.18 Å². The van der Waals surface area contributed by atoms with Gasteiger partial charge in [-0.3, -0.25) is 4.79 Å². The number of amides is 1. The number of benzene rings is 1. The Morgan fingerprint density at radius 3 is 2.88 bits per heavy atom. The number of carbonyl (C=O) groups is 1. The maximum atomic E-state index is 13.1. The van der Waals surface area contributed by atoms with Crippen LogP contribution in [0.5, 0.6) is 0 Å². The Balaban J connectivity index is 1.92. The van der Waals surface area contributed by atoms with E-state index in [0.29, 0.717) is 28.4 Å². The van der Waals surface area contributed by atoms with Gasteiger partial charge in [0.2, 0.25) is 0 Å². The topological polar surface area (TPSA) is 29.1 Å². The Bertz CT molecular complexity index is 431. The summed E-state index contributed by atoms with van der Waals surface area (Å²) >= 11 is 3.56. The maximum Gasteiger partial charge on any atom is 0.251 e. The van der Waals surface area contributed by atoms with E-state index in [4.69, 9.17) is 0 Å². The first-order chi connectivity index (χ1) is 8.08. The molecule has 0 aliphatic heterocycles. The van der Waals surface area contributed by atoms with E-state index in [2.05, 4.69) is 21.2 Å². The average molecular weight is 300 g/mol. The first kappa shape index (κ1) is 12.6. The highest BCUT2D eigenvalue weighted by atomic mass is 79.9. The second-order valence-corrected chi connectivity index (χ2v) is 5.70. The molecular formula is C13H15BrFNO. The van der Waals surface area contributed by atoms with Gasteiger partial charge in [0.05, 0.1) is 0 Å². The normalized spacial score (nSPS) is 16.6. The van der Waals surface area contributed by atoms with Crippen LogP contribution in [0.15, 0.2) is 18.2 Å². The van der Waals surface area contributed by atoms with Gasteiger partial charge in [-0.05, 0) is 49.4 Å².